The minimum atomic E-state index is -0.103. The summed E-state index contributed by atoms with van der Waals surface area (Å²) in [6.45, 7) is 10.0. The van der Waals surface area contributed by atoms with Gasteiger partial charge in [-0.25, -0.2) is 0 Å². The van der Waals surface area contributed by atoms with Crippen LogP contribution in [0.2, 0.25) is 0 Å². The third-order valence-corrected chi connectivity index (χ3v) is 4.53. The second kappa shape index (κ2) is 7.01. The number of rotatable bonds is 4. The number of hydrogen-bond acceptors (Lipinski definition) is 3. The van der Waals surface area contributed by atoms with Crippen LogP contribution in [-0.2, 0) is 16.1 Å². The van der Waals surface area contributed by atoms with Crippen molar-refractivity contribution in [2.45, 2.75) is 26.4 Å². The molecule has 1 aliphatic rings. The number of ether oxygens (including phenoxy) is 1. The maximum atomic E-state index is 12.2. The number of hydrogen-bond donors (Lipinski definition) is 0. The molecule has 0 spiro atoms. The van der Waals surface area contributed by atoms with Gasteiger partial charge in [0.15, 0.2) is 0 Å². The number of carbonyl (C=O) groups is 1. The van der Waals surface area contributed by atoms with Crippen molar-refractivity contribution >= 4 is 5.91 Å². The number of benzene rings is 1. The highest BCUT2D eigenvalue weighted by molar-refractivity contribution is 5.87. The summed E-state index contributed by atoms with van der Waals surface area (Å²) >= 11 is 0. The SMILES string of the molecule is C=CC(=O)N1CCOCC1c1c(C)nn(Cc2ccccc2)c1C. The maximum Gasteiger partial charge on any atom is 0.246 e. The summed E-state index contributed by atoms with van der Waals surface area (Å²) in [4.78, 5) is 14.0. The number of nitrogens with zero attached hydrogens (tertiary/aromatic N) is 3. The van der Waals surface area contributed by atoms with Crippen LogP contribution < -0.4 is 0 Å². The quantitative estimate of drug-likeness (QED) is 0.812. The van der Waals surface area contributed by atoms with Crippen LogP contribution in [-0.4, -0.2) is 40.3 Å². The molecule has 2 heterocycles. The van der Waals surface area contributed by atoms with Crippen molar-refractivity contribution in [3.05, 3.63) is 65.5 Å². The average molecular weight is 325 g/mol. The second-order valence-electron chi connectivity index (χ2n) is 6.05. The molecule has 0 aliphatic carbocycles. The molecule has 5 nitrogen and oxygen atoms in total. The lowest BCUT2D eigenvalue weighted by Gasteiger charge is -2.35. The van der Waals surface area contributed by atoms with Crippen molar-refractivity contribution in [3.63, 3.8) is 0 Å². The maximum absolute atomic E-state index is 12.2. The first kappa shape index (κ1) is 16.5. The van der Waals surface area contributed by atoms with Crippen molar-refractivity contribution in [1.29, 1.82) is 0 Å². The predicted molar refractivity (Wildman–Crippen MR) is 92.7 cm³/mol. The molecule has 1 fully saturated rings. The van der Waals surface area contributed by atoms with Crippen LogP contribution >= 0.6 is 0 Å². The second-order valence-corrected chi connectivity index (χ2v) is 6.05. The lowest BCUT2D eigenvalue weighted by atomic mass is 10.0. The van der Waals surface area contributed by atoms with Crippen molar-refractivity contribution in [3.8, 4) is 0 Å². The zero-order chi connectivity index (χ0) is 17.1. The largest absolute Gasteiger partial charge is 0.377 e. The van der Waals surface area contributed by atoms with E-state index in [-0.39, 0.29) is 11.9 Å². The first-order chi connectivity index (χ1) is 11.6. The lowest BCUT2D eigenvalue weighted by molar-refractivity contribution is -0.134. The van der Waals surface area contributed by atoms with E-state index in [2.05, 4.69) is 25.6 Å². The molecule has 1 aliphatic heterocycles. The van der Waals surface area contributed by atoms with Gasteiger partial charge in [0.2, 0.25) is 5.91 Å². The van der Waals surface area contributed by atoms with Gasteiger partial charge in [-0.3, -0.25) is 9.48 Å². The standard InChI is InChI=1S/C19H23N3O2/c1-4-18(23)21-10-11-24-13-17(21)19-14(2)20-22(15(19)3)12-16-8-6-5-7-9-16/h4-9,17H,1,10-13H2,2-3H3. The molecule has 126 valence electrons. The summed E-state index contributed by atoms with van der Waals surface area (Å²) in [6.07, 6.45) is 1.37. The zero-order valence-corrected chi connectivity index (χ0v) is 14.2. The van der Waals surface area contributed by atoms with Crippen LogP contribution in [0.1, 0.15) is 28.6 Å². The molecular weight excluding hydrogens is 302 g/mol. The fourth-order valence-corrected chi connectivity index (χ4v) is 3.33. The number of carbonyl (C=O) groups excluding carboxylic acids is 1. The van der Waals surface area contributed by atoms with E-state index in [1.54, 1.807) is 0 Å². The van der Waals surface area contributed by atoms with Crippen LogP contribution in [0.15, 0.2) is 43.0 Å². The molecule has 0 bridgehead atoms. The Morgan fingerprint density at radius 2 is 2.12 bits per heavy atom. The van der Waals surface area contributed by atoms with Gasteiger partial charge in [0.25, 0.3) is 0 Å². The molecule has 1 saturated heterocycles. The van der Waals surface area contributed by atoms with Crippen LogP contribution in [0, 0.1) is 13.8 Å². The molecular formula is C19H23N3O2. The molecule has 0 saturated carbocycles. The molecule has 1 atom stereocenters. The highest BCUT2D eigenvalue weighted by Crippen LogP contribution is 2.30. The normalized spacial score (nSPS) is 17.8. The van der Waals surface area contributed by atoms with Gasteiger partial charge in [0, 0.05) is 17.8 Å². The Kier molecular flexibility index (Phi) is 4.81. The third-order valence-electron chi connectivity index (χ3n) is 4.53. The molecule has 1 aromatic carbocycles. The smallest absolute Gasteiger partial charge is 0.246 e. The van der Waals surface area contributed by atoms with Gasteiger partial charge in [-0.15, -0.1) is 0 Å². The number of aryl methyl sites for hydroxylation is 1. The molecule has 0 radical (unpaired) electrons. The summed E-state index contributed by atoms with van der Waals surface area (Å²) in [5.74, 6) is -0.0575. The molecule has 1 aromatic heterocycles. The van der Waals surface area contributed by atoms with E-state index in [4.69, 9.17) is 9.84 Å². The molecule has 0 N–H and O–H groups in total. The summed E-state index contributed by atoms with van der Waals surface area (Å²) < 4.78 is 7.64. The highest BCUT2D eigenvalue weighted by Gasteiger charge is 2.31. The van der Waals surface area contributed by atoms with E-state index in [0.717, 1.165) is 23.5 Å². The fourth-order valence-electron chi connectivity index (χ4n) is 3.33. The first-order valence-electron chi connectivity index (χ1n) is 8.20. The van der Waals surface area contributed by atoms with Gasteiger partial charge in [-0.05, 0) is 25.5 Å². The van der Waals surface area contributed by atoms with E-state index in [1.165, 1.54) is 11.6 Å². The molecule has 2 aromatic rings. The van der Waals surface area contributed by atoms with Crippen molar-refractivity contribution < 1.29 is 9.53 Å². The minimum Gasteiger partial charge on any atom is -0.377 e. The van der Waals surface area contributed by atoms with E-state index in [1.807, 2.05) is 34.7 Å². The Hall–Kier alpha value is -2.40. The van der Waals surface area contributed by atoms with Crippen LogP contribution in [0.5, 0.6) is 0 Å². The van der Waals surface area contributed by atoms with Gasteiger partial charge in [-0.2, -0.15) is 5.10 Å². The molecule has 3 rings (SSSR count). The topological polar surface area (TPSA) is 47.4 Å². The Morgan fingerprint density at radius 3 is 2.83 bits per heavy atom. The van der Waals surface area contributed by atoms with E-state index in [0.29, 0.717) is 19.8 Å². The third kappa shape index (κ3) is 3.12. The van der Waals surface area contributed by atoms with Crippen molar-refractivity contribution in [1.82, 2.24) is 14.7 Å². The minimum absolute atomic E-state index is 0.0575. The Bertz CT molecular complexity index is 737. The summed E-state index contributed by atoms with van der Waals surface area (Å²) in [5.41, 5.74) is 4.31. The molecule has 1 unspecified atom stereocenters. The Morgan fingerprint density at radius 1 is 1.38 bits per heavy atom. The summed E-state index contributed by atoms with van der Waals surface area (Å²) in [6, 6.07) is 10.1. The van der Waals surface area contributed by atoms with Gasteiger partial charge >= 0.3 is 0 Å². The van der Waals surface area contributed by atoms with Crippen molar-refractivity contribution in [2.75, 3.05) is 19.8 Å². The zero-order valence-electron chi connectivity index (χ0n) is 14.2. The van der Waals surface area contributed by atoms with Crippen LogP contribution in [0.25, 0.3) is 0 Å². The van der Waals surface area contributed by atoms with Gasteiger partial charge in [0.1, 0.15) is 0 Å². The first-order valence-corrected chi connectivity index (χ1v) is 8.20. The Balaban J connectivity index is 1.93. The van der Waals surface area contributed by atoms with Gasteiger partial charge in [-0.1, -0.05) is 36.9 Å². The van der Waals surface area contributed by atoms with E-state index < -0.39 is 0 Å². The lowest BCUT2D eigenvalue weighted by Crippen LogP contribution is -2.43. The summed E-state index contributed by atoms with van der Waals surface area (Å²) in [5, 5.41) is 4.70. The van der Waals surface area contributed by atoms with Crippen molar-refractivity contribution in [2.24, 2.45) is 0 Å². The predicted octanol–water partition coefficient (Wildman–Crippen LogP) is 2.63. The molecule has 5 heteroatoms. The van der Waals surface area contributed by atoms with Crippen LogP contribution in [0.4, 0.5) is 0 Å². The molecule has 1 amide bonds. The highest BCUT2D eigenvalue weighted by atomic mass is 16.5. The number of amides is 1. The fraction of sp³-hybridized carbons (Fsp3) is 0.368. The Labute approximate surface area is 142 Å². The van der Waals surface area contributed by atoms with Crippen LogP contribution in [0.3, 0.4) is 0 Å². The van der Waals surface area contributed by atoms with E-state index >= 15 is 0 Å². The van der Waals surface area contributed by atoms with Gasteiger partial charge in [0.05, 0.1) is 31.5 Å². The van der Waals surface area contributed by atoms with Gasteiger partial charge < -0.3 is 9.64 Å². The average Bonchev–Trinajstić information content (AvgIpc) is 2.88. The monoisotopic (exact) mass is 325 g/mol. The summed E-state index contributed by atoms with van der Waals surface area (Å²) in [7, 11) is 0. The number of aromatic nitrogens is 2. The molecule has 24 heavy (non-hydrogen) atoms. The number of morpholine rings is 1. The van der Waals surface area contributed by atoms with E-state index in [9.17, 15) is 4.79 Å².